The summed E-state index contributed by atoms with van der Waals surface area (Å²) in [4.78, 5) is 9.41. The molecule has 0 heterocycles. The summed E-state index contributed by atoms with van der Waals surface area (Å²) in [6.07, 6.45) is 6.37. The molecule has 2 aromatic carbocycles. The molecule has 1 amide bonds. The zero-order chi connectivity index (χ0) is 25.3. The number of phenolic OH excluding ortho intramolecular Hbond substituents is 1. The minimum Gasteiger partial charge on any atom is -0.504 e. The molecule has 0 aliphatic rings. The summed E-state index contributed by atoms with van der Waals surface area (Å²) in [5.74, 6) is -0.768. The van der Waals surface area contributed by atoms with Crippen molar-refractivity contribution in [3.63, 3.8) is 0 Å². The Morgan fingerprint density at radius 2 is 1.50 bits per heavy atom. The van der Waals surface area contributed by atoms with Gasteiger partial charge in [-0.05, 0) is 37.1 Å². The Morgan fingerprint density at radius 3 is 1.97 bits per heavy atom. The average Bonchev–Trinajstić information content (AvgIpc) is 2.85. The number of hydrogen-bond acceptors (Lipinski definition) is 8. The minimum atomic E-state index is -0.877. The van der Waals surface area contributed by atoms with E-state index in [4.69, 9.17) is 4.74 Å². The van der Waals surface area contributed by atoms with E-state index in [1.54, 1.807) is 18.2 Å². The monoisotopic (exact) mass is 573 g/mol. The van der Waals surface area contributed by atoms with Crippen molar-refractivity contribution in [3.05, 3.63) is 41.5 Å². The number of carbonyl (C=O) groups is 1. The first-order valence-corrected chi connectivity index (χ1v) is 12.7. The molecule has 34 heavy (non-hydrogen) atoms. The van der Waals surface area contributed by atoms with E-state index < -0.39 is 96.8 Å². The Hall–Kier alpha value is -1.61. The average molecular weight is 574 g/mol. The molecule has 0 radical (unpaired) electrons. The Kier molecular flexibility index (Phi) is 11.8. The molecule has 2 aromatic rings. The Morgan fingerprint density at radius 1 is 0.971 bits per heavy atom. The number of allylic oxidation sites excluding steroid dienone is 2. The molecule has 0 spiro atoms. The van der Waals surface area contributed by atoms with Crippen molar-refractivity contribution in [2.75, 3.05) is 12.4 Å². The Balaban J connectivity index is 2.47. The molecule has 0 fully saturated rings. The van der Waals surface area contributed by atoms with Gasteiger partial charge in [-0.2, -0.15) is 19.4 Å². The normalized spacial score (nSPS) is 11.5. The first-order valence-electron chi connectivity index (χ1n) is 9.07. The lowest BCUT2D eigenvalue weighted by Crippen LogP contribution is -2.11. The molecule has 0 aliphatic heterocycles. The van der Waals surface area contributed by atoms with Gasteiger partial charge in [-0.3, -0.25) is 4.79 Å². The topological polar surface area (TPSA) is 58.6 Å². The van der Waals surface area contributed by atoms with Gasteiger partial charge in [-0.25, -0.2) is 0 Å². The molecule has 0 saturated carbocycles. The van der Waals surface area contributed by atoms with E-state index in [9.17, 15) is 29.3 Å². The number of anilines is 1. The summed E-state index contributed by atoms with van der Waals surface area (Å²) in [5.41, 5.74) is 0.455. The number of phenols is 1. The summed E-state index contributed by atoms with van der Waals surface area (Å²) in [7, 11) is 1.36. The number of halogens is 5. The molecule has 0 aliphatic carbocycles. The highest BCUT2D eigenvalue weighted by Crippen LogP contribution is 2.54. The first-order chi connectivity index (χ1) is 16.4. The van der Waals surface area contributed by atoms with Gasteiger partial charge in [0.25, 0.3) is 0 Å². The molecule has 4 nitrogen and oxygen atoms in total. The fourth-order valence-electron chi connectivity index (χ4n) is 2.79. The lowest BCUT2D eigenvalue weighted by Gasteiger charge is -2.17. The maximum atomic E-state index is 13.6. The molecule has 0 atom stereocenters. The van der Waals surface area contributed by atoms with Crippen LogP contribution in [0.5, 0.6) is 11.5 Å². The third-order valence-electron chi connectivity index (χ3n) is 4.31. The highest BCUT2D eigenvalue weighted by atomic mass is 32.2. The molecule has 0 saturated heterocycles. The zero-order valence-electron chi connectivity index (χ0n) is 17.4. The van der Waals surface area contributed by atoms with E-state index in [1.165, 1.54) is 19.3 Å². The van der Waals surface area contributed by atoms with Crippen LogP contribution in [0.25, 0.3) is 6.08 Å². The summed E-state index contributed by atoms with van der Waals surface area (Å²) in [6, 6.07) is 3.07. The largest absolute Gasteiger partial charge is 0.504 e. The number of methoxy groups -OCH3 is 1. The second-order valence-electron chi connectivity index (χ2n) is 6.23. The lowest BCUT2D eigenvalue weighted by molar-refractivity contribution is -0.111. The fraction of sp³-hybridized carbons (Fsp3) is 0.150. The maximum Gasteiger partial charge on any atom is 0.248 e. The number of aromatic hydroxyl groups is 1. The summed E-state index contributed by atoms with van der Waals surface area (Å²) in [5, 5.41) is 12.4. The van der Waals surface area contributed by atoms with Crippen LogP contribution in [0.1, 0.15) is 18.1 Å². The van der Waals surface area contributed by atoms with Gasteiger partial charge in [0, 0.05) is 11.6 Å². The van der Waals surface area contributed by atoms with E-state index in [2.05, 4.69) is 5.32 Å². The van der Waals surface area contributed by atoms with Crippen LogP contribution in [0.2, 0.25) is 0 Å². The van der Waals surface area contributed by atoms with Gasteiger partial charge in [0.1, 0.15) is 0 Å². The van der Waals surface area contributed by atoms with Gasteiger partial charge >= 0.3 is 0 Å². The zero-order valence-corrected chi connectivity index (χ0v) is 21.4. The molecule has 0 aromatic heterocycles. The van der Waals surface area contributed by atoms with Crippen LogP contribution < -0.4 is 10.1 Å². The van der Waals surface area contributed by atoms with Crippen LogP contribution in [-0.2, 0) is 11.2 Å². The van der Waals surface area contributed by atoms with Crippen LogP contribution in [0.4, 0.5) is 25.1 Å². The summed E-state index contributed by atoms with van der Waals surface area (Å²) < 4.78 is 72.6. The number of hydrogen-bond donors (Lipinski definition) is 2. The van der Waals surface area contributed by atoms with E-state index in [1.807, 2.05) is 6.92 Å². The first kappa shape index (κ1) is 28.6. The second-order valence-corrected chi connectivity index (χ2v) is 9.05. The standard InChI is InChI=1S/C20H16F5NO3S5/c1-3-4-5-11-8-10(9-12(29-2)15(11)28)6-7-13(27)26-14-16(30-21)18(32-23)20(34-25)19(33-24)17(14)31-22/h3-4,6-9,28H,5H2,1-2H3,(H,26,27). The van der Waals surface area contributed by atoms with Gasteiger partial charge in [0.2, 0.25) is 5.91 Å². The third-order valence-corrected chi connectivity index (χ3v) is 7.64. The Labute approximate surface area is 215 Å². The van der Waals surface area contributed by atoms with Gasteiger partial charge in [-0.1, -0.05) is 12.2 Å². The highest BCUT2D eigenvalue weighted by molar-refractivity contribution is 8.00. The van der Waals surface area contributed by atoms with Gasteiger partial charge < -0.3 is 15.2 Å². The highest BCUT2D eigenvalue weighted by Gasteiger charge is 2.29. The number of carbonyl (C=O) groups excluding carboxylic acids is 1. The van der Waals surface area contributed by atoms with E-state index in [0.29, 0.717) is 17.5 Å². The lowest BCUT2D eigenvalue weighted by atomic mass is 10.0. The summed E-state index contributed by atoms with van der Waals surface area (Å²) in [6.45, 7) is 1.81. The van der Waals surface area contributed by atoms with Crippen molar-refractivity contribution in [2.45, 2.75) is 37.8 Å². The van der Waals surface area contributed by atoms with Crippen molar-refractivity contribution in [3.8, 4) is 11.5 Å². The van der Waals surface area contributed by atoms with Crippen LogP contribution in [0.3, 0.4) is 0 Å². The van der Waals surface area contributed by atoms with Crippen molar-refractivity contribution in [1.82, 2.24) is 0 Å². The van der Waals surface area contributed by atoms with Crippen LogP contribution in [-0.4, -0.2) is 18.1 Å². The van der Waals surface area contributed by atoms with E-state index in [-0.39, 0.29) is 11.5 Å². The van der Waals surface area contributed by atoms with Crippen LogP contribution in [0.15, 0.2) is 54.8 Å². The molecular weight excluding hydrogens is 558 g/mol. The third kappa shape index (κ3) is 6.53. The molecule has 184 valence electrons. The predicted molar refractivity (Wildman–Crippen MR) is 132 cm³/mol. The molecule has 0 bridgehead atoms. The number of rotatable bonds is 11. The van der Waals surface area contributed by atoms with Crippen molar-refractivity contribution in [1.29, 1.82) is 0 Å². The Bertz CT molecular complexity index is 1070. The number of amides is 1. The van der Waals surface area contributed by atoms with E-state index >= 15 is 0 Å². The summed E-state index contributed by atoms with van der Waals surface area (Å²) >= 11 is -2.78. The van der Waals surface area contributed by atoms with E-state index in [0.717, 1.165) is 6.08 Å². The van der Waals surface area contributed by atoms with Crippen molar-refractivity contribution >= 4 is 78.4 Å². The SMILES string of the molecule is CC=CCc1cc(C=CC(=O)Nc2c(SF)c(SF)c(SF)c(SF)c2SF)cc(OC)c1O. The minimum absolute atomic E-state index is 0.0604. The van der Waals surface area contributed by atoms with Gasteiger partial charge in [-0.15, -0.1) is 0 Å². The molecule has 0 unspecified atom stereocenters. The second kappa shape index (κ2) is 14.1. The fourth-order valence-corrected chi connectivity index (χ4v) is 5.64. The smallest absolute Gasteiger partial charge is 0.248 e. The number of benzene rings is 2. The molecule has 14 heteroatoms. The van der Waals surface area contributed by atoms with Gasteiger partial charge in [0.15, 0.2) is 11.5 Å². The predicted octanol–water partition coefficient (Wildman–Crippen LogP) is 9.05. The molecule has 2 rings (SSSR count). The van der Waals surface area contributed by atoms with Gasteiger partial charge in [0.05, 0.1) is 98.0 Å². The van der Waals surface area contributed by atoms with Crippen molar-refractivity contribution < 1.29 is 34.1 Å². The quantitative estimate of drug-likeness (QED) is 0.157. The molecular formula is C20H16F5NO3S5. The molecule has 2 N–H and O–H groups in total. The number of nitrogens with one attached hydrogen (secondary N) is 1. The number of ether oxygens (including phenoxy) is 1. The van der Waals surface area contributed by atoms with Crippen molar-refractivity contribution in [2.24, 2.45) is 0 Å². The maximum absolute atomic E-state index is 13.6. The van der Waals surface area contributed by atoms with Crippen LogP contribution >= 0.6 is 60.7 Å². The van der Waals surface area contributed by atoms with Crippen LogP contribution in [0, 0.1) is 0 Å².